The van der Waals surface area contributed by atoms with Crippen LogP contribution in [0.2, 0.25) is 5.02 Å². The fourth-order valence-corrected chi connectivity index (χ4v) is 1.58. The molecule has 19 heavy (non-hydrogen) atoms. The fourth-order valence-electron chi connectivity index (χ4n) is 1.36. The Hall–Kier alpha value is -1.43. The zero-order valence-corrected chi connectivity index (χ0v) is 11.2. The van der Waals surface area contributed by atoms with Gasteiger partial charge in [0.1, 0.15) is 5.82 Å². The molecule has 1 rings (SSSR count). The summed E-state index contributed by atoms with van der Waals surface area (Å²) in [6.45, 7) is 0.186. The number of nitrogens with one attached hydrogen (secondary N) is 1. The van der Waals surface area contributed by atoms with E-state index in [0.717, 1.165) is 6.08 Å². The SMILES string of the molecule is COCC(O)CNC(=O)C=Cc1c(F)cccc1Cl. The normalized spacial score (nSPS) is 12.6. The van der Waals surface area contributed by atoms with E-state index < -0.39 is 17.8 Å². The minimum atomic E-state index is -0.778. The van der Waals surface area contributed by atoms with Gasteiger partial charge in [-0.2, -0.15) is 0 Å². The van der Waals surface area contributed by atoms with E-state index in [1.165, 1.54) is 31.4 Å². The van der Waals surface area contributed by atoms with Crippen LogP contribution in [0.25, 0.3) is 6.08 Å². The minimum Gasteiger partial charge on any atom is -0.389 e. The lowest BCUT2D eigenvalue weighted by molar-refractivity contribution is -0.117. The van der Waals surface area contributed by atoms with Crippen LogP contribution in [0.4, 0.5) is 4.39 Å². The number of benzene rings is 1. The van der Waals surface area contributed by atoms with Crippen molar-refractivity contribution in [2.24, 2.45) is 0 Å². The molecule has 0 saturated carbocycles. The number of ether oxygens (including phenoxy) is 1. The van der Waals surface area contributed by atoms with Gasteiger partial charge in [-0.25, -0.2) is 4.39 Å². The third-order valence-corrected chi connectivity index (χ3v) is 2.60. The number of halogens is 2. The third kappa shape index (κ3) is 5.38. The Bertz CT molecular complexity index is 445. The first kappa shape index (κ1) is 15.6. The molecule has 0 heterocycles. The molecule has 0 aliphatic heterocycles. The summed E-state index contributed by atoms with van der Waals surface area (Å²) in [5.41, 5.74) is 0.150. The van der Waals surface area contributed by atoms with E-state index in [4.69, 9.17) is 16.3 Å². The molecular weight excluding hydrogens is 273 g/mol. The molecule has 4 nitrogen and oxygen atoms in total. The molecule has 1 aromatic carbocycles. The lowest BCUT2D eigenvalue weighted by atomic mass is 10.2. The quantitative estimate of drug-likeness (QED) is 0.782. The topological polar surface area (TPSA) is 58.6 Å². The average molecular weight is 288 g/mol. The van der Waals surface area contributed by atoms with Crippen molar-refractivity contribution in [3.05, 3.63) is 40.7 Å². The summed E-state index contributed by atoms with van der Waals surface area (Å²) in [4.78, 5) is 11.4. The van der Waals surface area contributed by atoms with Crippen LogP contribution in [0.5, 0.6) is 0 Å². The van der Waals surface area contributed by atoms with Gasteiger partial charge in [-0.05, 0) is 18.2 Å². The van der Waals surface area contributed by atoms with Crippen LogP contribution in [-0.4, -0.2) is 37.4 Å². The van der Waals surface area contributed by atoms with Crippen molar-refractivity contribution in [2.75, 3.05) is 20.3 Å². The number of hydrogen-bond acceptors (Lipinski definition) is 3. The van der Waals surface area contributed by atoms with Crippen molar-refractivity contribution < 1.29 is 19.0 Å². The lowest BCUT2D eigenvalue weighted by Crippen LogP contribution is -2.33. The number of rotatable bonds is 6. The Morgan fingerprint density at radius 2 is 2.37 bits per heavy atom. The molecule has 0 aromatic heterocycles. The molecule has 0 radical (unpaired) electrons. The van der Waals surface area contributed by atoms with Gasteiger partial charge in [0.2, 0.25) is 5.91 Å². The van der Waals surface area contributed by atoms with Gasteiger partial charge in [-0.1, -0.05) is 17.7 Å². The second kappa shape index (κ2) is 7.89. The Morgan fingerprint density at radius 1 is 1.63 bits per heavy atom. The Morgan fingerprint density at radius 3 is 3.00 bits per heavy atom. The van der Waals surface area contributed by atoms with Crippen molar-refractivity contribution in [1.82, 2.24) is 5.32 Å². The van der Waals surface area contributed by atoms with Gasteiger partial charge in [-0.3, -0.25) is 4.79 Å². The van der Waals surface area contributed by atoms with E-state index in [1.54, 1.807) is 0 Å². The van der Waals surface area contributed by atoms with Crippen LogP contribution >= 0.6 is 11.6 Å². The van der Waals surface area contributed by atoms with Gasteiger partial charge in [0.15, 0.2) is 0 Å². The van der Waals surface area contributed by atoms with Crippen LogP contribution in [0.1, 0.15) is 5.56 Å². The molecule has 0 spiro atoms. The zero-order valence-electron chi connectivity index (χ0n) is 10.4. The van der Waals surface area contributed by atoms with Gasteiger partial charge in [-0.15, -0.1) is 0 Å². The van der Waals surface area contributed by atoms with Crippen molar-refractivity contribution in [3.8, 4) is 0 Å². The first-order valence-corrected chi connectivity index (χ1v) is 5.99. The number of aliphatic hydroxyl groups excluding tert-OH is 1. The lowest BCUT2D eigenvalue weighted by Gasteiger charge is -2.09. The Labute approximate surface area is 115 Å². The first-order valence-electron chi connectivity index (χ1n) is 5.61. The van der Waals surface area contributed by atoms with Crippen molar-refractivity contribution in [3.63, 3.8) is 0 Å². The second-order valence-electron chi connectivity index (χ2n) is 3.82. The zero-order chi connectivity index (χ0) is 14.3. The average Bonchev–Trinajstić information content (AvgIpc) is 2.36. The molecule has 2 N–H and O–H groups in total. The number of aliphatic hydroxyl groups is 1. The van der Waals surface area contributed by atoms with Crippen molar-refractivity contribution in [2.45, 2.75) is 6.10 Å². The van der Waals surface area contributed by atoms with E-state index >= 15 is 0 Å². The monoisotopic (exact) mass is 287 g/mol. The highest BCUT2D eigenvalue weighted by Gasteiger charge is 2.06. The summed E-state index contributed by atoms with van der Waals surface area (Å²) in [5, 5.41) is 12.0. The predicted octanol–water partition coefficient (Wildman–Crippen LogP) is 1.62. The number of amides is 1. The predicted molar refractivity (Wildman–Crippen MR) is 71.3 cm³/mol. The molecule has 1 amide bonds. The second-order valence-corrected chi connectivity index (χ2v) is 4.23. The van der Waals surface area contributed by atoms with Crippen molar-refractivity contribution >= 4 is 23.6 Å². The van der Waals surface area contributed by atoms with Gasteiger partial charge in [0.25, 0.3) is 0 Å². The minimum absolute atomic E-state index is 0.0576. The van der Waals surface area contributed by atoms with Gasteiger partial charge >= 0.3 is 0 Å². The summed E-state index contributed by atoms with van der Waals surface area (Å²) in [6.07, 6.45) is 1.67. The number of carbonyl (C=O) groups is 1. The van der Waals surface area contributed by atoms with E-state index in [-0.39, 0.29) is 23.7 Å². The van der Waals surface area contributed by atoms with Gasteiger partial charge < -0.3 is 15.2 Å². The maximum absolute atomic E-state index is 13.4. The largest absolute Gasteiger partial charge is 0.389 e. The molecule has 1 aromatic rings. The summed E-state index contributed by atoms with van der Waals surface area (Å²) in [6, 6.07) is 4.27. The maximum Gasteiger partial charge on any atom is 0.244 e. The molecule has 6 heteroatoms. The summed E-state index contributed by atoms with van der Waals surface area (Å²) in [7, 11) is 1.45. The summed E-state index contributed by atoms with van der Waals surface area (Å²) >= 11 is 5.80. The smallest absolute Gasteiger partial charge is 0.244 e. The Kier molecular flexibility index (Phi) is 6.49. The van der Waals surface area contributed by atoms with E-state index in [2.05, 4.69) is 5.32 Å². The first-order chi connectivity index (χ1) is 9.04. The fraction of sp³-hybridized carbons (Fsp3) is 0.308. The molecule has 0 fully saturated rings. The number of methoxy groups -OCH3 is 1. The summed E-state index contributed by atoms with van der Waals surface area (Å²) < 4.78 is 18.1. The maximum atomic E-state index is 13.4. The highest BCUT2D eigenvalue weighted by Crippen LogP contribution is 2.20. The molecule has 0 aliphatic carbocycles. The Balaban J connectivity index is 2.54. The van der Waals surface area contributed by atoms with Crippen LogP contribution in [0, 0.1) is 5.82 Å². The number of carbonyl (C=O) groups excluding carboxylic acids is 1. The number of hydrogen-bond donors (Lipinski definition) is 2. The molecule has 0 bridgehead atoms. The van der Waals surface area contributed by atoms with Crippen LogP contribution in [-0.2, 0) is 9.53 Å². The standard InChI is InChI=1S/C13H15ClFNO3/c1-19-8-9(17)7-16-13(18)6-5-10-11(14)3-2-4-12(10)15/h2-6,9,17H,7-8H2,1H3,(H,16,18). The van der Waals surface area contributed by atoms with Gasteiger partial charge in [0, 0.05) is 25.3 Å². The highest BCUT2D eigenvalue weighted by molar-refractivity contribution is 6.32. The molecule has 0 aliphatic rings. The molecule has 104 valence electrons. The molecule has 0 saturated heterocycles. The van der Waals surface area contributed by atoms with Crippen LogP contribution in [0.15, 0.2) is 24.3 Å². The highest BCUT2D eigenvalue weighted by atomic mass is 35.5. The molecular formula is C13H15ClFNO3. The molecule has 1 unspecified atom stereocenters. The van der Waals surface area contributed by atoms with Crippen molar-refractivity contribution in [1.29, 1.82) is 0 Å². The third-order valence-electron chi connectivity index (χ3n) is 2.27. The molecule has 1 atom stereocenters. The summed E-state index contributed by atoms with van der Waals surface area (Å²) in [5.74, 6) is -0.953. The van der Waals surface area contributed by atoms with Gasteiger partial charge in [0.05, 0.1) is 17.7 Å². The van der Waals surface area contributed by atoms with Crippen LogP contribution < -0.4 is 5.32 Å². The van der Waals surface area contributed by atoms with E-state index in [1.807, 2.05) is 0 Å². The van der Waals surface area contributed by atoms with E-state index in [0.29, 0.717) is 0 Å². The van der Waals surface area contributed by atoms with E-state index in [9.17, 15) is 14.3 Å². The van der Waals surface area contributed by atoms with Crippen LogP contribution in [0.3, 0.4) is 0 Å².